The van der Waals surface area contributed by atoms with Crippen LogP contribution in [0.2, 0.25) is 0 Å². The maximum absolute atomic E-state index is 5.41. The number of hydrogen-bond acceptors (Lipinski definition) is 6. The number of aliphatic imine (C=N–C) groups is 1. The molecule has 1 saturated heterocycles. The number of anilines is 1. The number of nitrogens with one attached hydrogen (secondary N) is 2. The van der Waals surface area contributed by atoms with Gasteiger partial charge in [0.15, 0.2) is 5.96 Å². The fourth-order valence-electron chi connectivity index (χ4n) is 3.66. The molecule has 0 amide bonds. The Hall–Kier alpha value is -1.75. The molecule has 0 unspecified atom stereocenters. The SMILES string of the molecule is CN=C(NCCc1csc(C(C)C)n1)NC1CCN(c2cc(OC)cc(OC)c2)CC1.I. The number of benzene rings is 1. The number of nitrogens with zero attached hydrogens (tertiary/aromatic N) is 3. The van der Waals surface area contributed by atoms with Gasteiger partial charge in [-0.15, -0.1) is 35.3 Å². The average Bonchev–Trinajstić information content (AvgIpc) is 3.27. The summed E-state index contributed by atoms with van der Waals surface area (Å²) in [4.78, 5) is 11.5. The molecule has 1 aromatic carbocycles. The van der Waals surface area contributed by atoms with Crippen molar-refractivity contribution in [2.24, 2.45) is 4.99 Å². The van der Waals surface area contributed by atoms with Crippen LogP contribution in [-0.4, -0.2) is 57.9 Å². The van der Waals surface area contributed by atoms with Gasteiger partial charge in [-0.3, -0.25) is 4.99 Å². The van der Waals surface area contributed by atoms with Crippen LogP contribution in [0.1, 0.15) is 43.3 Å². The van der Waals surface area contributed by atoms with E-state index in [0.717, 1.165) is 67.7 Å². The summed E-state index contributed by atoms with van der Waals surface area (Å²) in [5.41, 5.74) is 2.29. The highest BCUT2D eigenvalue weighted by molar-refractivity contribution is 14.0. The first-order valence-corrected chi connectivity index (χ1v) is 11.8. The number of aromatic nitrogens is 1. The van der Waals surface area contributed by atoms with Crippen molar-refractivity contribution in [3.8, 4) is 11.5 Å². The molecule has 0 spiro atoms. The summed E-state index contributed by atoms with van der Waals surface area (Å²) in [5.74, 6) is 2.99. The minimum Gasteiger partial charge on any atom is -0.497 e. The molecule has 2 heterocycles. The molecule has 0 aliphatic carbocycles. The van der Waals surface area contributed by atoms with Crippen LogP contribution in [0, 0.1) is 0 Å². The zero-order valence-corrected chi connectivity index (χ0v) is 22.8. The smallest absolute Gasteiger partial charge is 0.191 e. The molecule has 1 aromatic heterocycles. The topological polar surface area (TPSA) is 71.0 Å². The van der Waals surface area contributed by atoms with Crippen LogP contribution in [0.3, 0.4) is 0 Å². The van der Waals surface area contributed by atoms with Gasteiger partial charge in [-0.1, -0.05) is 13.8 Å². The largest absolute Gasteiger partial charge is 0.497 e. The Balaban J connectivity index is 0.00000363. The summed E-state index contributed by atoms with van der Waals surface area (Å²) >= 11 is 1.75. The first-order valence-electron chi connectivity index (χ1n) is 10.9. The molecule has 0 saturated carbocycles. The fourth-order valence-corrected chi connectivity index (χ4v) is 4.53. The number of hydrogen-bond donors (Lipinski definition) is 2. The third-order valence-electron chi connectivity index (χ3n) is 5.50. The first kappa shape index (κ1) is 26.5. The Morgan fingerprint density at radius 3 is 2.38 bits per heavy atom. The Bertz CT molecular complexity index is 844. The molecular formula is C23H36IN5O2S. The van der Waals surface area contributed by atoms with Crippen LogP contribution in [0.15, 0.2) is 28.6 Å². The van der Waals surface area contributed by atoms with Crippen LogP contribution in [0.25, 0.3) is 0 Å². The zero-order valence-electron chi connectivity index (χ0n) is 19.7. The monoisotopic (exact) mass is 573 g/mol. The Labute approximate surface area is 213 Å². The molecule has 0 atom stereocenters. The van der Waals surface area contributed by atoms with Gasteiger partial charge in [0, 0.05) is 74.3 Å². The van der Waals surface area contributed by atoms with E-state index in [1.54, 1.807) is 25.6 Å². The summed E-state index contributed by atoms with van der Waals surface area (Å²) in [6.07, 6.45) is 2.99. The van der Waals surface area contributed by atoms with Crippen molar-refractivity contribution in [2.75, 3.05) is 45.8 Å². The number of guanidine groups is 1. The van der Waals surface area contributed by atoms with Crippen molar-refractivity contribution in [1.29, 1.82) is 0 Å². The van der Waals surface area contributed by atoms with Crippen LogP contribution in [-0.2, 0) is 6.42 Å². The highest BCUT2D eigenvalue weighted by Crippen LogP contribution is 2.30. The average molecular weight is 574 g/mol. The van der Waals surface area contributed by atoms with Crippen molar-refractivity contribution in [1.82, 2.24) is 15.6 Å². The van der Waals surface area contributed by atoms with E-state index in [9.17, 15) is 0 Å². The maximum atomic E-state index is 5.41. The van der Waals surface area contributed by atoms with E-state index in [1.807, 2.05) is 13.1 Å². The standard InChI is InChI=1S/C23H35N5O2S.HI/c1-16(2)22-26-18(15-31-22)6-9-25-23(24-3)27-17-7-10-28(11-8-17)19-12-20(29-4)14-21(13-19)30-5;/h12-17H,6-11H2,1-5H3,(H2,24,25,27);1H. The fraction of sp³-hybridized carbons (Fsp3) is 0.565. The Morgan fingerprint density at radius 2 is 1.84 bits per heavy atom. The van der Waals surface area contributed by atoms with Crippen molar-refractivity contribution < 1.29 is 9.47 Å². The van der Waals surface area contributed by atoms with Gasteiger partial charge in [0.05, 0.1) is 24.9 Å². The van der Waals surface area contributed by atoms with E-state index in [4.69, 9.17) is 14.5 Å². The lowest BCUT2D eigenvalue weighted by Crippen LogP contribution is -2.49. The van der Waals surface area contributed by atoms with Crippen molar-refractivity contribution in [3.63, 3.8) is 0 Å². The number of methoxy groups -OCH3 is 2. The lowest BCUT2D eigenvalue weighted by Gasteiger charge is -2.34. The molecule has 0 bridgehead atoms. The second-order valence-electron chi connectivity index (χ2n) is 8.06. The quantitative estimate of drug-likeness (QED) is 0.279. The van der Waals surface area contributed by atoms with Gasteiger partial charge in [0.25, 0.3) is 0 Å². The van der Waals surface area contributed by atoms with Crippen molar-refractivity contribution in [3.05, 3.63) is 34.3 Å². The third-order valence-corrected chi connectivity index (χ3v) is 6.69. The molecule has 0 radical (unpaired) electrons. The van der Waals surface area contributed by atoms with Crippen LogP contribution in [0.5, 0.6) is 11.5 Å². The third kappa shape index (κ3) is 7.40. The zero-order chi connectivity index (χ0) is 22.2. The molecule has 2 aromatic rings. The summed E-state index contributed by atoms with van der Waals surface area (Å²) in [5, 5.41) is 10.4. The molecule has 32 heavy (non-hydrogen) atoms. The minimum absolute atomic E-state index is 0. The lowest BCUT2D eigenvalue weighted by molar-refractivity contribution is 0.393. The maximum Gasteiger partial charge on any atom is 0.191 e. The van der Waals surface area contributed by atoms with E-state index in [2.05, 4.69) is 51.9 Å². The minimum atomic E-state index is 0. The van der Waals surface area contributed by atoms with E-state index in [1.165, 1.54) is 5.01 Å². The molecule has 1 fully saturated rings. The molecule has 1 aliphatic heterocycles. The van der Waals surface area contributed by atoms with E-state index >= 15 is 0 Å². The van der Waals surface area contributed by atoms with Gasteiger partial charge in [-0.2, -0.15) is 0 Å². The molecular weight excluding hydrogens is 537 g/mol. The number of piperidine rings is 1. The van der Waals surface area contributed by atoms with Crippen LogP contribution < -0.4 is 25.0 Å². The van der Waals surface area contributed by atoms with Gasteiger partial charge in [0.2, 0.25) is 0 Å². The summed E-state index contributed by atoms with van der Waals surface area (Å²) in [7, 11) is 5.20. The molecule has 9 heteroatoms. The van der Waals surface area contributed by atoms with Crippen molar-refractivity contribution in [2.45, 2.75) is 45.1 Å². The molecule has 1 aliphatic rings. The summed E-state index contributed by atoms with van der Waals surface area (Å²) in [6, 6.07) is 6.45. The number of rotatable bonds is 8. The highest BCUT2D eigenvalue weighted by atomic mass is 127. The molecule has 7 nitrogen and oxygen atoms in total. The summed E-state index contributed by atoms with van der Waals surface area (Å²) in [6.45, 7) is 7.14. The Kier molecular flexibility index (Phi) is 10.8. The van der Waals surface area contributed by atoms with Gasteiger partial charge < -0.3 is 25.0 Å². The predicted octanol–water partition coefficient (Wildman–Crippen LogP) is 4.28. The van der Waals surface area contributed by atoms with Gasteiger partial charge in [-0.05, 0) is 12.8 Å². The van der Waals surface area contributed by atoms with Crippen molar-refractivity contribution >= 4 is 47.0 Å². The summed E-state index contributed by atoms with van der Waals surface area (Å²) < 4.78 is 10.8. The lowest BCUT2D eigenvalue weighted by atomic mass is 10.0. The Morgan fingerprint density at radius 1 is 1.19 bits per heavy atom. The predicted molar refractivity (Wildman–Crippen MR) is 145 cm³/mol. The molecule has 3 rings (SSSR count). The molecule has 2 N–H and O–H groups in total. The van der Waals surface area contributed by atoms with Gasteiger partial charge in [0.1, 0.15) is 11.5 Å². The van der Waals surface area contributed by atoms with Gasteiger partial charge >= 0.3 is 0 Å². The number of thiazole rings is 1. The van der Waals surface area contributed by atoms with E-state index < -0.39 is 0 Å². The normalized spacial score (nSPS) is 14.8. The van der Waals surface area contributed by atoms with E-state index in [-0.39, 0.29) is 24.0 Å². The van der Waals surface area contributed by atoms with Crippen LogP contribution >= 0.6 is 35.3 Å². The second-order valence-corrected chi connectivity index (χ2v) is 8.95. The van der Waals surface area contributed by atoms with Gasteiger partial charge in [-0.25, -0.2) is 4.98 Å². The highest BCUT2D eigenvalue weighted by Gasteiger charge is 2.21. The second kappa shape index (κ2) is 13.1. The molecule has 178 valence electrons. The number of ether oxygens (including phenoxy) is 2. The number of halogens is 1. The van der Waals surface area contributed by atoms with E-state index in [0.29, 0.717) is 12.0 Å². The first-order chi connectivity index (χ1) is 15.0. The van der Waals surface area contributed by atoms with Crippen LogP contribution in [0.4, 0.5) is 5.69 Å².